The molecule has 2 N–H and O–H groups in total. The van der Waals surface area contributed by atoms with Crippen LogP contribution in [-0.4, -0.2) is 25.7 Å². The Hall–Kier alpha value is -1.12. The summed E-state index contributed by atoms with van der Waals surface area (Å²) in [5, 5.41) is 10.8. The first-order chi connectivity index (χ1) is 11.8. The molecule has 1 aromatic heterocycles. The smallest absolute Gasteiger partial charge is 0.191 e. The second-order valence-corrected chi connectivity index (χ2v) is 6.31. The molecule has 1 aromatic carbocycles. The molecule has 0 fully saturated rings. The van der Waals surface area contributed by atoms with Gasteiger partial charge in [-0.1, -0.05) is 30.3 Å². The number of guanidine groups is 1. The summed E-state index contributed by atoms with van der Waals surface area (Å²) in [4.78, 5) is 4.60. The fourth-order valence-corrected chi connectivity index (χ4v) is 2.91. The van der Waals surface area contributed by atoms with Gasteiger partial charge in [-0.2, -0.15) is 11.3 Å². The highest BCUT2D eigenvalue weighted by atomic mass is 127. The van der Waals surface area contributed by atoms with Gasteiger partial charge in [0.1, 0.15) is 0 Å². The predicted molar refractivity (Wildman–Crippen MR) is 118 cm³/mol. The molecule has 0 saturated carbocycles. The third-order valence-corrected chi connectivity index (χ3v) is 4.33. The number of rotatable bonds is 9. The Morgan fingerprint density at radius 1 is 1.20 bits per heavy atom. The van der Waals surface area contributed by atoms with Crippen molar-refractivity contribution in [3.63, 3.8) is 0 Å². The molecule has 0 aliphatic heterocycles. The van der Waals surface area contributed by atoms with E-state index in [1.165, 1.54) is 11.1 Å². The van der Waals surface area contributed by atoms with E-state index in [-0.39, 0.29) is 30.1 Å². The number of nitrogens with one attached hydrogen (secondary N) is 2. The molecule has 1 unspecified atom stereocenters. The zero-order valence-corrected chi connectivity index (χ0v) is 18.1. The molecule has 0 bridgehead atoms. The minimum Gasteiger partial charge on any atom is -0.374 e. The number of ether oxygens (including phenoxy) is 1. The van der Waals surface area contributed by atoms with Crippen molar-refractivity contribution < 1.29 is 4.74 Å². The molecule has 0 spiro atoms. The maximum absolute atomic E-state index is 5.89. The van der Waals surface area contributed by atoms with E-state index in [0.29, 0.717) is 6.54 Å². The third-order valence-electron chi connectivity index (χ3n) is 3.59. The molecule has 0 saturated heterocycles. The lowest BCUT2D eigenvalue weighted by atomic mass is 10.1. The highest BCUT2D eigenvalue weighted by Crippen LogP contribution is 2.15. The minimum absolute atomic E-state index is 0. The number of hydrogen-bond acceptors (Lipinski definition) is 3. The maximum Gasteiger partial charge on any atom is 0.191 e. The van der Waals surface area contributed by atoms with Crippen LogP contribution in [0.15, 0.2) is 52.2 Å². The molecule has 0 aliphatic rings. The quantitative estimate of drug-likeness (QED) is 0.243. The van der Waals surface area contributed by atoms with Crippen molar-refractivity contribution >= 4 is 41.3 Å². The Kier molecular flexibility index (Phi) is 11.5. The monoisotopic (exact) mass is 473 g/mol. The number of aliphatic imine (C=N–C) groups is 1. The lowest BCUT2D eigenvalue weighted by Crippen LogP contribution is -2.38. The second-order valence-electron chi connectivity index (χ2n) is 5.53. The van der Waals surface area contributed by atoms with Gasteiger partial charge in [-0.25, -0.2) is 4.99 Å². The van der Waals surface area contributed by atoms with Crippen molar-refractivity contribution in [3.05, 3.63) is 58.3 Å². The molecule has 1 atom stereocenters. The van der Waals surface area contributed by atoms with Crippen molar-refractivity contribution in [3.8, 4) is 0 Å². The first kappa shape index (κ1) is 21.9. The van der Waals surface area contributed by atoms with Gasteiger partial charge in [0, 0.05) is 19.7 Å². The topological polar surface area (TPSA) is 45.7 Å². The molecule has 0 amide bonds. The van der Waals surface area contributed by atoms with Crippen LogP contribution in [0.25, 0.3) is 0 Å². The van der Waals surface area contributed by atoms with Crippen LogP contribution in [0.1, 0.15) is 37.5 Å². The van der Waals surface area contributed by atoms with Crippen LogP contribution in [-0.2, 0) is 11.3 Å². The van der Waals surface area contributed by atoms with E-state index in [4.69, 9.17) is 4.74 Å². The van der Waals surface area contributed by atoms with Crippen molar-refractivity contribution in [2.24, 2.45) is 4.99 Å². The van der Waals surface area contributed by atoms with Crippen LogP contribution in [0.3, 0.4) is 0 Å². The zero-order chi connectivity index (χ0) is 17.0. The van der Waals surface area contributed by atoms with Crippen LogP contribution >= 0.6 is 35.3 Å². The molecule has 2 aromatic rings. The minimum atomic E-state index is 0. The third kappa shape index (κ3) is 8.69. The van der Waals surface area contributed by atoms with E-state index in [1.54, 1.807) is 11.3 Å². The largest absolute Gasteiger partial charge is 0.374 e. The van der Waals surface area contributed by atoms with E-state index < -0.39 is 0 Å². The lowest BCUT2D eigenvalue weighted by Gasteiger charge is -2.14. The fourth-order valence-electron chi connectivity index (χ4n) is 2.25. The van der Waals surface area contributed by atoms with Crippen LogP contribution < -0.4 is 10.6 Å². The van der Waals surface area contributed by atoms with E-state index in [1.807, 2.05) is 18.2 Å². The van der Waals surface area contributed by atoms with Gasteiger partial charge < -0.3 is 15.4 Å². The van der Waals surface area contributed by atoms with Crippen molar-refractivity contribution in [1.82, 2.24) is 10.6 Å². The van der Waals surface area contributed by atoms with E-state index in [0.717, 1.165) is 32.1 Å². The van der Waals surface area contributed by atoms with Gasteiger partial charge in [0.15, 0.2) is 5.96 Å². The van der Waals surface area contributed by atoms with E-state index in [2.05, 4.69) is 58.4 Å². The first-order valence-electron chi connectivity index (χ1n) is 8.49. The van der Waals surface area contributed by atoms with Crippen LogP contribution in [0.2, 0.25) is 0 Å². The molecule has 2 rings (SSSR count). The van der Waals surface area contributed by atoms with Gasteiger partial charge in [-0.05, 0) is 48.2 Å². The summed E-state index contributed by atoms with van der Waals surface area (Å²) in [6, 6.07) is 12.4. The Labute approximate surface area is 172 Å². The first-order valence-corrected chi connectivity index (χ1v) is 9.43. The summed E-state index contributed by atoms with van der Waals surface area (Å²) < 4.78 is 5.89. The van der Waals surface area contributed by atoms with Gasteiger partial charge >= 0.3 is 0 Å². The zero-order valence-electron chi connectivity index (χ0n) is 14.9. The Morgan fingerprint density at radius 2 is 2.00 bits per heavy atom. The molecular formula is C19H28IN3OS. The Bertz CT molecular complexity index is 590. The summed E-state index contributed by atoms with van der Waals surface area (Å²) in [6.07, 6.45) is 1.08. The molecule has 0 aliphatic carbocycles. The normalized spacial score (nSPS) is 12.3. The summed E-state index contributed by atoms with van der Waals surface area (Å²) in [6.45, 7) is 7.31. The molecule has 6 heteroatoms. The average Bonchev–Trinajstić information content (AvgIpc) is 3.13. The maximum atomic E-state index is 5.89. The molecule has 0 radical (unpaired) electrons. The Balaban J connectivity index is 0.00000312. The highest BCUT2D eigenvalue weighted by Gasteiger charge is 2.04. The molecular weight excluding hydrogens is 445 g/mol. The highest BCUT2D eigenvalue weighted by molar-refractivity contribution is 14.0. The molecule has 4 nitrogen and oxygen atoms in total. The lowest BCUT2D eigenvalue weighted by molar-refractivity contribution is 0.0646. The van der Waals surface area contributed by atoms with Crippen LogP contribution in [0.5, 0.6) is 0 Å². The van der Waals surface area contributed by atoms with Gasteiger partial charge in [0.2, 0.25) is 0 Å². The molecule has 1 heterocycles. The SMILES string of the molecule is CCNC(=NCc1ccsc1)NCCCOC(C)c1ccccc1.I. The summed E-state index contributed by atoms with van der Waals surface area (Å²) in [5.74, 6) is 0.861. The number of nitrogens with zero attached hydrogens (tertiary/aromatic N) is 1. The Morgan fingerprint density at radius 3 is 2.68 bits per heavy atom. The second kappa shape index (κ2) is 13.1. The van der Waals surface area contributed by atoms with Crippen LogP contribution in [0.4, 0.5) is 0 Å². The van der Waals surface area contributed by atoms with Gasteiger partial charge in [0.05, 0.1) is 12.6 Å². The van der Waals surface area contributed by atoms with Crippen molar-refractivity contribution in [2.45, 2.75) is 32.9 Å². The number of benzene rings is 1. The summed E-state index contributed by atoms with van der Waals surface area (Å²) in [5.41, 5.74) is 2.47. The van der Waals surface area contributed by atoms with Gasteiger partial charge in [-0.3, -0.25) is 0 Å². The van der Waals surface area contributed by atoms with Crippen molar-refractivity contribution in [2.75, 3.05) is 19.7 Å². The number of thiophene rings is 1. The molecule has 138 valence electrons. The van der Waals surface area contributed by atoms with Gasteiger partial charge in [-0.15, -0.1) is 24.0 Å². The van der Waals surface area contributed by atoms with E-state index in [9.17, 15) is 0 Å². The fraction of sp³-hybridized carbons (Fsp3) is 0.421. The van der Waals surface area contributed by atoms with Crippen molar-refractivity contribution in [1.29, 1.82) is 0 Å². The van der Waals surface area contributed by atoms with E-state index >= 15 is 0 Å². The average molecular weight is 473 g/mol. The van der Waals surface area contributed by atoms with Gasteiger partial charge in [0.25, 0.3) is 0 Å². The number of hydrogen-bond donors (Lipinski definition) is 2. The molecule has 25 heavy (non-hydrogen) atoms. The standard InChI is InChI=1S/C19H27N3OS.HI/c1-3-20-19(22-14-17-10-13-24-15-17)21-11-7-12-23-16(2)18-8-5-4-6-9-18;/h4-6,8-10,13,15-16H,3,7,11-12,14H2,1-2H3,(H2,20,21,22);1H. The van der Waals surface area contributed by atoms with Crippen LogP contribution in [0, 0.1) is 0 Å². The predicted octanol–water partition coefficient (Wildman–Crippen LogP) is 4.59. The number of halogens is 1. The summed E-state index contributed by atoms with van der Waals surface area (Å²) >= 11 is 1.70. The summed E-state index contributed by atoms with van der Waals surface area (Å²) in [7, 11) is 0.